The van der Waals surface area contributed by atoms with Gasteiger partial charge < -0.3 is 15.4 Å². The summed E-state index contributed by atoms with van der Waals surface area (Å²) in [6.07, 6.45) is -4.14. The topological polar surface area (TPSA) is 72.6 Å². The Labute approximate surface area is 167 Å². The summed E-state index contributed by atoms with van der Waals surface area (Å²) in [4.78, 5) is 25.6. The summed E-state index contributed by atoms with van der Waals surface area (Å²) in [5.74, 6) is -0.717. The van der Waals surface area contributed by atoms with Crippen LogP contribution in [-0.2, 0) is 21.3 Å². The van der Waals surface area contributed by atoms with Crippen LogP contribution in [0.4, 0.5) is 13.2 Å². The van der Waals surface area contributed by atoms with Crippen molar-refractivity contribution in [3.05, 3.63) is 58.1 Å². The minimum absolute atomic E-state index is 0.00734. The van der Waals surface area contributed by atoms with Gasteiger partial charge in [0.1, 0.15) is 17.0 Å². The number of benzene rings is 2. The molecule has 2 aromatic carbocycles. The lowest BCUT2D eigenvalue weighted by Crippen LogP contribution is -2.50. The number of hydrogen-bond donors (Lipinski definition) is 1. The second kappa shape index (κ2) is 7.12. The van der Waals surface area contributed by atoms with Crippen LogP contribution in [0.1, 0.15) is 24.0 Å². The molecular weight excluding hydrogens is 441 g/mol. The number of rotatable bonds is 4. The van der Waals surface area contributed by atoms with E-state index in [2.05, 4.69) is 15.9 Å². The van der Waals surface area contributed by atoms with Gasteiger partial charge in [0.25, 0.3) is 0 Å². The summed E-state index contributed by atoms with van der Waals surface area (Å²) < 4.78 is 44.8. The molecule has 1 fully saturated rings. The zero-order valence-corrected chi connectivity index (χ0v) is 16.3. The van der Waals surface area contributed by atoms with E-state index in [-0.39, 0.29) is 30.2 Å². The zero-order chi connectivity index (χ0) is 20.7. The van der Waals surface area contributed by atoms with Crippen molar-refractivity contribution in [2.24, 2.45) is 5.73 Å². The number of primary amides is 1. The van der Waals surface area contributed by atoms with Crippen molar-refractivity contribution in [3.63, 3.8) is 0 Å². The molecule has 148 valence electrons. The first kappa shape index (κ1) is 20.2. The molecule has 28 heavy (non-hydrogen) atoms. The summed E-state index contributed by atoms with van der Waals surface area (Å²) in [6.45, 7) is 0. The van der Waals surface area contributed by atoms with Crippen LogP contribution >= 0.6 is 15.9 Å². The van der Waals surface area contributed by atoms with Crippen LogP contribution in [0, 0.1) is 0 Å². The summed E-state index contributed by atoms with van der Waals surface area (Å²) in [7, 11) is 1.49. The first-order chi connectivity index (χ1) is 13.1. The van der Waals surface area contributed by atoms with E-state index in [1.807, 2.05) is 0 Å². The van der Waals surface area contributed by atoms with Crippen molar-refractivity contribution < 1.29 is 27.5 Å². The number of alkyl halides is 3. The van der Waals surface area contributed by atoms with Crippen LogP contribution in [-0.4, -0.2) is 23.8 Å². The number of ether oxygens (including phenoxy) is 1. The number of hydrogen-bond acceptors (Lipinski definition) is 3. The van der Waals surface area contributed by atoms with Crippen molar-refractivity contribution in [1.82, 2.24) is 4.90 Å². The molecule has 1 atom stereocenters. The van der Waals surface area contributed by atoms with Crippen molar-refractivity contribution in [1.29, 1.82) is 0 Å². The highest BCUT2D eigenvalue weighted by atomic mass is 79.9. The number of halogens is 4. The standard InChI is InChI=1S/C19H16BrF3N2O3/c1-25-16(26)7-8-18(25,17(24)27)14-10-13(5-6-15(14)20)28-12-4-2-3-11(9-12)19(21,22)23/h2-6,9-10H,7-8H2,1H3,(H2,24,27). The Morgan fingerprint density at radius 1 is 1.21 bits per heavy atom. The van der Waals surface area contributed by atoms with Gasteiger partial charge in [-0.05, 0) is 42.8 Å². The van der Waals surface area contributed by atoms with Crippen molar-refractivity contribution in [2.45, 2.75) is 24.6 Å². The first-order valence-corrected chi connectivity index (χ1v) is 9.07. The van der Waals surface area contributed by atoms with Gasteiger partial charge in [-0.15, -0.1) is 0 Å². The molecular formula is C19H16BrF3N2O3. The Balaban J connectivity index is 2.01. The Morgan fingerprint density at radius 2 is 1.89 bits per heavy atom. The normalized spacial score (nSPS) is 19.8. The molecule has 1 unspecified atom stereocenters. The molecule has 2 N–H and O–H groups in total. The van der Waals surface area contributed by atoms with Gasteiger partial charge in [0.2, 0.25) is 11.8 Å². The molecule has 9 heteroatoms. The summed E-state index contributed by atoms with van der Waals surface area (Å²) in [6, 6.07) is 9.11. The Morgan fingerprint density at radius 3 is 2.46 bits per heavy atom. The molecule has 2 amide bonds. The van der Waals surface area contributed by atoms with Crippen molar-refractivity contribution >= 4 is 27.7 Å². The van der Waals surface area contributed by atoms with Gasteiger partial charge in [-0.25, -0.2) is 0 Å². The van der Waals surface area contributed by atoms with Gasteiger partial charge in [0.15, 0.2) is 0 Å². The van der Waals surface area contributed by atoms with E-state index in [0.717, 1.165) is 12.1 Å². The maximum atomic E-state index is 12.9. The van der Waals surface area contributed by atoms with Crippen LogP contribution in [0.25, 0.3) is 0 Å². The lowest BCUT2D eigenvalue weighted by molar-refractivity contribution is -0.138. The van der Waals surface area contributed by atoms with E-state index >= 15 is 0 Å². The number of amides is 2. The van der Waals surface area contributed by atoms with E-state index in [1.54, 1.807) is 12.1 Å². The number of carbonyl (C=O) groups excluding carboxylic acids is 2. The molecule has 0 radical (unpaired) electrons. The molecule has 1 aliphatic heterocycles. The van der Waals surface area contributed by atoms with E-state index in [4.69, 9.17) is 10.5 Å². The van der Waals surface area contributed by atoms with Crippen molar-refractivity contribution in [2.75, 3.05) is 7.05 Å². The monoisotopic (exact) mass is 456 g/mol. The summed E-state index contributed by atoms with van der Waals surface area (Å²) >= 11 is 3.36. The fraction of sp³-hybridized carbons (Fsp3) is 0.263. The fourth-order valence-electron chi connectivity index (χ4n) is 3.33. The highest BCUT2D eigenvalue weighted by molar-refractivity contribution is 9.10. The van der Waals surface area contributed by atoms with Gasteiger partial charge in [0.05, 0.1) is 5.56 Å². The second-order valence-corrected chi connectivity index (χ2v) is 7.30. The second-order valence-electron chi connectivity index (χ2n) is 6.45. The highest BCUT2D eigenvalue weighted by Crippen LogP contribution is 2.43. The van der Waals surface area contributed by atoms with Gasteiger partial charge in [0, 0.05) is 23.5 Å². The zero-order valence-electron chi connectivity index (χ0n) is 14.7. The molecule has 5 nitrogen and oxygen atoms in total. The maximum absolute atomic E-state index is 12.9. The minimum Gasteiger partial charge on any atom is -0.457 e. The Kier molecular flexibility index (Phi) is 5.14. The van der Waals surface area contributed by atoms with Crippen LogP contribution < -0.4 is 10.5 Å². The predicted octanol–water partition coefficient (Wildman–Crippen LogP) is 4.19. The third-order valence-corrected chi connectivity index (χ3v) is 5.53. The predicted molar refractivity (Wildman–Crippen MR) is 98.5 cm³/mol. The molecule has 1 heterocycles. The van der Waals surface area contributed by atoms with Crippen molar-refractivity contribution in [3.8, 4) is 11.5 Å². The molecule has 0 bridgehead atoms. The van der Waals surface area contributed by atoms with Gasteiger partial charge >= 0.3 is 6.18 Å². The smallest absolute Gasteiger partial charge is 0.416 e. The number of nitrogens with zero attached hydrogens (tertiary/aromatic N) is 1. The number of likely N-dealkylation sites (N-methyl/N-ethyl adjacent to an activating group) is 1. The van der Waals surface area contributed by atoms with Gasteiger partial charge in [-0.1, -0.05) is 22.0 Å². The summed E-state index contributed by atoms with van der Waals surface area (Å²) in [5.41, 5.74) is 3.86. The molecule has 1 aliphatic rings. The maximum Gasteiger partial charge on any atom is 0.416 e. The van der Waals surface area contributed by atoms with Gasteiger partial charge in [-0.3, -0.25) is 9.59 Å². The van der Waals surface area contributed by atoms with E-state index in [9.17, 15) is 22.8 Å². The Bertz CT molecular complexity index is 948. The molecule has 0 aliphatic carbocycles. The quantitative estimate of drug-likeness (QED) is 0.749. The molecule has 0 spiro atoms. The SMILES string of the molecule is CN1C(=O)CCC1(C(N)=O)c1cc(Oc2cccc(C(F)(F)F)c2)ccc1Br. The summed E-state index contributed by atoms with van der Waals surface area (Å²) in [5, 5.41) is 0. The third kappa shape index (κ3) is 3.46. The fourth-order valence-corrected chi connectivity index (χ4v) is 3.90. The first-order valence-electron chi connectivity index (χ1n) is 8.27. The average Bonchev–Trinajstić information content (AvgIpc) is 2.92. The largest absolute Gasteiger partial charge is 0.457 e. The number of likely N-dealkylation sites (tertiary alicyclic amines) is 1. The molecule has 3 rings (SSSR count). The number of nitrogens with two attached hydrogens (primary N) is 1. The highest BCUT2D eigenvalue weighted by Gasteiger charge is 2.50. The Hall–Kier alpha value is -2.55. The number of carbonyl (C=O) groups is 2. The van der Waals surface area contributed by atoms with E-state index in [1.165, 1.54) is 30.1 Å². The lowest BCUT2D eigenvalue weighted by Gasteiger charge is -2.34. The van der Waals surface area contributed by atoms with Crippen LogP contribution in [0.2, 0.25) is 0 Å². The van der Waals surface area contributed by atoms with Crippen LogP contribution in [0.15, 0.2) is 46.9 Å². The molecule has 0 saturated carbocycles. The third-order valence-electron chi connectivity index (χ3n) is 4.84. The average molecular weight is 457 g/mol. The lowest BCUT2D eigenvalue weighted by atomic mass is 9.86. The minimum atomic E-state index is -4.49. The van der Waals surface area contributed by atoms with E-state index in [0.29, 0.717) is 10.0 Å². The molecule has 2 aromatic rings. The van der Waals surface area contributed by atoms with Crippen LogP contribution in [0.3, 0.4) is 0 Å². The van der Waals surface area contributed by atoms with Gasteiger partial charge in [-0.2, -0.15) is 13.2 Å². The van der Waals surface area contributed by atoms with E-state index < -0.39 is 23.2 Å². The molecule has 1 saturated heterocycles. The molecule has 0 aromatic heterocycles. The van der Waals surface area contributed by atoms with Crippen LogP contribution in [0.5, 0.6) is 11.5 Å².